The number of nitrogens with one attached hydrogen (secondary N) is 1. The first-order valence-electron chi connectivity index (χ1n) is 6.63. The van der Waals surface area contributed by atoms with Crippen molar-refractivity contribution in [3.05, 3.63) is 17.5 Å². The highest BCUT2D eigenvalue weighted by Gasteiger charge is 2.22. The van der Waals surface area contributed by atoms with Crippen molar-refractivity contribution in [1.82, 2.24) is 15.1 Å². The van der Waals surface area contributed by atoms with Crippen molar-refractivity contribution in [3.8, 4) is 0 Å². The number of carboxylic acids is 2. The molecule has 8 heteroatoms. The Bertz CT molecular complexity index is 538. The molecular formula is C13H19N3O5. The van der Waals surface area contributed by atoms with Gasteiger partial charge >= 0.3 is 11.9 Å². The second-order valence-electron chi connectivity index (χ2n) is 4.65. The lowest BCUT2D eigenvalue weighted by atomic mass is 10.1. The maximum Gasteiger partial charge on any atom is 0.326 e. The summed E-state index contributed by atoms with van der Waals surface area (Å²) in [6.45, 7) is 1.90. The zero-order chi connectivity index (χ0) is 16.0. The fourth-order valence-corrected chi connectivity index (χ4v) is 1.86. The summed E-state index contributed by atoms with van der Waals surface area (Å²) in [6.07, 6.45) is 0.775. The Labute approximate surface area is 121 Å². The largest absolute Gasteiger partial charge is 0.481 e. The summed E-state index contributed by atoms with van der Waals surface area (Å²) in [6, 6.07) is 0.489. The van der Waals surface area contributed by atoms with Gasteiger partial charge in [-0.2, -0.15) is 5.10 Å². The molecule has 1 aromatic heterocycles. The fraction of sp³-hybridized carbons (Fsp3) is 0.538. The topological polar surface area (TPSA) is 122 Å². The number of rotatable bonds is 8. The zero-order valence-corrected chi connectivity index (χ0v) is 12.0. The second kappa shape index (κ2) is 7.41. The summed E-state index contributed by atoms with van der Waals surface area (Å²) < 4.78 is 1.39. The molecule has 1 amide bonds. The lowest BCUT2D eigenvalue weighted by molar-refractivity contribution is -0.140. The molecule has 116 valence electrons. The Balaban J connectivity index is 2.69. The molecule has 3 N–H and O–H groups in total. The van der Waals surface area contributed by atoms with Crippen LogP contribution in [0.3, 0.4) is 0 Å². The number of carbonyl (C=O) groups is 3. The number of carboxylic acid groups (broad SMARTS) is 2. The van der Waals surface area contributed by atoms with Crippen LogP contribution in [-0.4, -0.2) is 43.9 Å². The van der Waals surface area contributed by atoms with Crippen LogP contribution in [0.15, 0.2) is 6.07 Å². The Morgan fingerprint density at radius 3 is 2.52 bits per heavy atom. The lowest BCUT2D eigenvalue weighted by Gasteiger charge is -2.13. The summed E-state index contributed by atoms with van der Waals surface area (Å²) in [5.41, 5.74) is 1.01. The lowest BCUT2D eigenvalue weighted by Crippen LogP contribution is -2.41. The quantitative estimate of drug-likeness (QED) is 0.639. The molecule has 8 nitrogen and oxygen atoms in total. The molecular weight excluding hydrogens is 278 g/mol. The van der Waals surface area contributed by atoms with Crippen molar-refractivity contribution in [2.75, 3.05) is 0 Å². The first-order chi connectivity index (χ1) is 9.85. The molecule has 1 rings (SSSR count). The van der Waals surface area contributed by atoms with Crippen molar-refractivity contribution in [1.29, 1.82) is 0 Å². The minimum atomic E-state index is -1.19. The summed E-state index contributed by atoms with van der Waals surface area (Å²) >= 11 is 0. The molecule has 1 atom stereocenters. The predicted octanol–water partition coefficient (Wildman–Crippen LogP) is 0.420. The van der Waals surface area contributed by atoms with Crippen molar-refractivity contribution < 1.29 is 24.6 Å². The van der Waals surface area contributed by atoms with E-state index < -0.39 is 23.9 Å². The van der Waals surface area contributed by atoms with E-state index in [2.05, 4.69) is 10.4 Å². The van der Waals surface area contributed by atoms with Gasteiger partial charge in [-0.05, 0) is 25.3 Å². The summed E-state index contributed by atoms with van der Waals surface area (Å²) in [4.78, 5) is 33.6. The van der Waals surface area contributed by atoms with Gasteiger partial charge in [-0.15, -0.1) is 0 Å². The van der Waals surface area contributed by atoms with E-state index in [1.165, 1.54) is 4.68 Å². The van der Waals surface area contributed by atoms with Crippen LogP contribution in [0.5, 0.6) is 0 Å². The highest BCUT2D eigenvalue weighted by atomic mass is 16.4. The monoisotopic (exact) mass is 297 g/mol. The third-order valence-corrected chi connectivity index (χ3v) is 3.01. The number of aliphatic carboxylic acids is 2. The average molecular weight is 297 g/mol. The van der Waals surface area contributed by atoms with E-state index >= 15 is 0 Å². The number of hydrogen-bond donors (Lipinski definition) is 3. The summed E-state index contributed by atoms with van der Waals surface area (Å²) in [7, 11) is 1.61. The number of hydrogen-bond acceptors (Lipinski definition) is 4. The fourth-order valence-electron chi connectivity index (χ4n) is 1.86. The van der Waals surface area contributed by atoms with Crippen LogP contribution in [-0.2, 0) is 23.1 Å². The molecule has 0 bridgehead atoms. The molecule has 1 heterocycles. The smallest absolute Gasteiger partial charge is 0.326 e. The van der Waals surface area contributed by atoms with Crippen molar-refractivity contribution in [3.63, 3.8) is 0 Å². The van der Waals surface area contributed by atoms with Crippen LogP contribution in [0.25, 0.3) is 0 Å². The van der Waals surface area contributed by atoms with Gasteiger partial charge in [-0.25, -0.2) is 4.79 Å². The number of amides is 1. The van der Waals surface area contributed by atoms with Crippen LogP contribution >= 0.6 is 0 Å². The molecule has 0 aliphatic heterocycles. The van der Waals surface area contributed by atoms with Crippen LogP contribution in [0.1, 0.15) is 42.4 Å². The molecule has 21 heavy (non-hydrogen) atoms. The van der Waals surface area contributed by atoms with E-state index in [0.717, 1.165) is 5.69 Å². The van der Waals surface area contributed by atoms with E-state index in [9.17, 15) is 14.4 Å². The molecule has 0 unspecified atom stereocenters. The predicted molar refractivity (Wildman–Crippen MR) is 73.0 cm³/mol. The third kappa shape index (κ3) is 4.90. The van der Waals surface area contributed by atoms with E-state index in [0.29, 0.717) is 6.42 Å². The minimum absolute atomic E-state index is 0.0614. The highest BCUT2D eigenvalue weighted by Crippen LogP contribution is 2.07. The maximum atomic E-state index is 12.1. The van der Waals surface area contributed by atoms with Gasteiger partial charge in [0.2, 0.25) is 0 Å². The molecule has 1 aromatic rings. The molecule has 0 aromatic carbocycles. The molecule has 0 saturated heterocycles. The van der Waals surface area contributed by atoms with E-state index in [1.54, 1.807) is 13.1 Å². The summed E-state index contributed by atoms with van der Waals surface area (Å²) in [5.74, 6) is -2.72. The Kier molecular flexibility index (Phi) is 5.89. The van der Waals surface area contributed by atoms with E-state index in [1.807, 2.05) is 6.92 Å². The molecule has 0 saturated carbocycles. The van der Waals surface area contributed by atoms with E-state index in [-0.39, 0.29) is 25.0 Å². The standard InChI is InChI=1S/C13H19N3O5/c1-3-8-7-10(16(2)15-8)12(19)14-9(13(20)21)5-4-6-11(17)18/h7,9H,3-6H2,1-2H3,(H,14,19)(H,17,18)(H,20,21)/t9-/m1/s1. The van der Waals surface area contributed by atoms with Gasteiger partial charge < -0.3 is 15.5 Å². The molecule has 0 radical (unpaired) electrons. The van der Waals surface area contributed by atoms with Crippen LogP contribution in [0.2, 0.25) is 0 Å². The van der Waals surface area contributed by atoms with E-state index in [4.69, 9.17) is 10.2 Å². The van der Waals surface area contributed by atoms with Crippen LogP contribution < -0.4 is 5.32 Å². The van der Waals surface area contributed by atoms with Gasteiger partial charge in [-0.3, -0.25) is 14.3 Å². The first-order valence-corrected chi connectivity index (χ1v) is 6.63. The number of carbonyl (C=O) groups excluding carboxylic acids is 1. The van der Waals surface area contributed by atoms with Gasteiger partial charge in [0.25, 0.3) is 5.91 Å². The van der Waals surface area contributed by atoms with Gasteiger partial charge in [0, 0.05) is 13.5 Å². The maximum absolute atomic E-state index is 12.1. The van der Waals surface area contributed by atoms with Gasteiger partial charge in [0.1, 0.15) is 11.7 Å². The highest BCUT2D eigenvalue weighted by molar-refractivity contribution is 5.95. The van der Waals surface area contributed by atoms with Crippen LogP contribution in [0, 0.1) is 0 Å². The average Bonchev–Trinajstić information content (AvgIpc) is 2.78. The normalized spacial score (nSPS) is 11.9. The molecule has 0 spiro atoms. The molecule has 0 aliphatic rings. The zero-order valence-electron chi connectivity index (χ0n) is 12.0. The van der Waals surface area contributed by atoms with Crippen molar-refractivity contribution in [2.24, 2.45) is 7.05 Å². The number of aromatic nitrogens is 2. The van der Waals surface area contributed by atoms with Crippen molar-refractivity contribution >= 4 is 17.8 Å². The van der Waals surface area contributed by atoms with Gasteiger partial charge in [0.15, 0.2) is 0 Å². The first kappa shape index (κ1) is 16.7. The number of nitrogens with zero attached hydrogens (tertiary/aromatic N) is 2. The van der Waals surface area contributed by atoms with Gasteiger partial charge in [-0.1, -0.05) is 6.92 Å². The molecule has 0 fully saturated rings. The SMILES string of the molecule is CCc1cc(C(=O)N[C@H](CCCC(=O)O)C(=O)O)n(C)n1. The second-order valence-corrected chi connectivity index (χ2v) is 4.65. The Morgan fingerprint density at radius 1 is 1.38 bits per heavy atom. The third-order valence-electron chi connectivity index (χ3n) is 3.01. The number of aryl methyl sites for hydroxylation is 2. The molecule has 0 aliphatic carbocycles. The van der Waals surface area contributed by atoms with Crippen molar-refractivity contribution in [2.45, 2.75) is 38.6 Å². The van der Waals surface area contributed by atoms with Gasteiger partial charge in [0.05, 0.1) is 5.69 Å². The Morgan fingerprint density at radius 2 is 2.05 bits per heavy atom. The Hall–Kier alpha value is -2.38. The summed E-state index contributed by atoms with van der Waals surface area (Å²) in [5, 5.41) is 24.1. The van der Waals surface area contributed by atoms with Crippen LogP contribution in [0.4, 0.5) is 0 Å². The minimum Gasteiger partial charge on any atom is -0.481 e.